The molecule has 102 valence electrons. The molecule has 0 aliphatic carbocycles. The molecule has 1 rings (SSSR count). The van der Waals surface area contributed by atoms with Crippen LogP contribution in [0.4, 0.5) is 0 Å². The maximum absolute atomic E-state index is 11.4. The van der Waals surface area contributed by atoms with Crippen LogP contribution in [0.3, 0.4) is 0 Å². The molecule has 0 radical (unpaired) electrons. The fraction of sp³-hybridized carbons (Fsp3) is 0.286. The Morgan fingerprint density at radius 2 is 2.11 bits per heavy atom. The number of carbonyl (C=O) groups is 2. The monoisotopic (exact) mass is 263 g/mol. The summed E-state index contributed by atoms with van der Waals surface area (Å²) in [5.74, 6) is -0.806. The van der Waals surface area contributed by atoms with Gasteiger partial charge in [0.2, 0.25) is 0 Å². The summed E-state index contributed by atoms with van der Waals surface area (Å²) in [6, 6.07) is 5.35. The Kier molecular flexibility index (Phi) is 5.11. The third-order valence-corrected chi connectivity index (χ3v) is 2.49. The van der Waals surface area contributed by atoms with E-state index in [0.717, 1.165) is 11.6 Å². The lowest BCUT2D eigenvalue weighted by molar-refractivity contribution is -0.131. The predicted octanol–water partition coefficient (Wildman–Crippen LogP) is 1.61. The number of hydrogen-bond donors (Lipinski definition) is 2. The van der Waals surface area contributed by atoms with E-state index in [9.17, 15) is 9.59 Å². The smallest absolute Gasteiger partial charge is 0.328 e. The van der Waals surface area contributed by atoms with Crippen molar-refractivity contribution in [3.63, 3.8) is 0 Å². The van der Waals surface area contributed by atoms with Crippen LogP contribution < -0.4 is 10.1 Å². The van der Waals surface area contributed by atoms with Crippen molar-refractivity contribution in [3.05, 3.63) is 35.4 Å². The van der Waals surface area contributed by atoms with Crippen molar-refractivity contribution < 1.29 is 19.4 Å². The molecule has 0 fully saturated rings. The van der Waals surface area contributed by atoms with Gasteiger partial charge in [-0.2, -0.15) is 0 Å². The van der Waals surface area contributed by atoms with Crippen LogP contribution in [0.15, 0.2) is 24.3 Å². The lowest BCUT2D eigenvalue weighted by Gasteiger charge is -2.15. The minimum atomic E-state index is -1.04. The molecule has 1 unspecified atom stereocenters. The molecule has 0 aliphatic heterocycles. The van der Waals surface area contributed by atoms with E-state index in [2.05, 4.69) is 5.32 Å². The largest absolute Gasteiger partial charge is 0.480 e. The third kappa shape index (κ3) is 4.46. The Balaban J connectivity index is 2.99. The fourth-order valence-electron chi connectivity index (χ4n) is 1.51. The maximum atomic E-state index is 11.4. The van der Waals surface area contributed by atoms with E-state index in [4.69, 9.17) is 9.84 Å². The van der Waals surface area contributed by atoms with E-state index in [-0.39, 0.29) is 5.91 Å². The number of hydrogen-bond acceptors (Lipinski definition) is 3. The van der Waals surface area contributed by atoms with Gasteiger partial charge in [0.1, 0.15) is 5.75 Å². The highest BCUT2D eigenvalue weighted by Gasteiger charge is 2.14. The van der Waals surface area contributed by atoms with Crippen molar-refractivity contribution >= 4 is 18.0 Å². The highest BCUT2D eigenvalue weighted by molar-refractivity contribution is 5.86. The maximum Gasteiger partial charge on any atom is 0.328 e. The first-order valence-electron chi connectivity index (χ1n) is 5.84. The number of nitrogens with one attached hydrogen (secondary N) is 1. The second-order valence-corrected chi connectivity index (χ2v) is 4.09. The molecule has 0 aromatic heterocycles. The Labute approximate surface area is 111 Å². The number of aryl methyl sites for hydroxylation is 1. The van der Waals surface area contributed by atoms with Crippen LogP contribution in [0.5, 0.6) is 5.75 Å². The fourth-order valence-corrected chi connectivity index (χ4v) is 1.51. The second kappa shape index (κ2) is 6.58. The van der Waals surface area contributed by atoms with Gasteiger partial charge in [-0.1, -0.05) is 11.6 Å². The lowest BCUT2D eigenvalue weighted by Crippen LogP contribution is -2.33. The first kappa shape index (κ1) is 14.8. The van der Waals surface area contributed by atoms with Crippen molar-refractivity contribution in [2.24, 2.45) is 0 Å². The van der Waals surface area contributed by atoms with E-state index in [1.54, 1.807) is 19.1 Å². The van der Waals surface area contributed by atoms with Gasteiger partial charge >= 0.3 is 5.97 Å². The van der Waals surface area contributed by atoms with Gasteiger partial charge in [0.25, 0.3) is 5.91 Å². The van der Waals surface area contributed by atoms with Crippen molar-refractivity contribution in [2.75, 3.05) is 7.05 Å². The van der Waals surface area contributed by atoms with Gasteiger partial charge in [-0.3, -0.25) is 4.79 Å². The molecule has 0 aliphatic rings. The summed E-state index contributed by atoms with van der Waals surface area (Å²) < 4.78 is 5.53. The second-order valence-electron chi connectivity index (χ2n) is 4.09. The van der Waals surface area contributed by atoms with Gasteiger partial charge in [-0.25, -0.2) is 4.79 Å². The van der Waals surface area contributed by atoms with Crippen LogP contribution in [-0.2, 0) is 9.59 Å². The molecule has 0 bridgehead atoms. The summed E-state index contributed by atoms with van der Waals surface area (Å²) in [6.07, 6.45) is 1.83. The minimum absolute atomic E-state index is 0.242. The zero-order valence-corrected chi connectivity index (χ0v) is 11.1. The van der Waals surface area contributed by atoms with Gasteiger partial charge < -0.3 is 15.2 Å². The predicted molar refractivity (Wildman–Crippen MR) is 72.0 cm³/mol. The van der Waals surface area contributed by atoms with Gasteiger partial charge in [-0.15, -0.1) is 0 Å². The first-order valence-corrected chi connectivity index (χ1v) is 5.84. The molecule has 0 heterocycles. The minimum Gasteiger partial charge on any atom is -0.480 e. The SMILES string of the molecule is CNC(=O)C(C)Oc1ccc(C)cc1C=CC(=O)O. The van der Waals surface area contributed by atoms with Crippen LogP contribution in [0, 0.1) is 6.92 Å². The summed E-state index contributed by atoms with van der Waals surface area (Å²) in [4.78, 5) is 22.0. The number of benzene rings is 1. The van der Waals surface area contributed by atoms with Crippen LogP contribution >= 0.6 is 0 Å². The van der Waals surface area contributed by atoms with Gasteiger partial charge in [0.05, 0.1) is 0 Å². The summed E-state index contributed by atoms with van der Waals surface area (Å²) in [5, 5.41) is 11.1. The molecule has 0 spiro atoms. The van der Waals surface area contributed by atoms with Crippen LogP contribution in [-0.4, -0.2) is 30.1 Å². The topological polar surface area (TPSA) is 75.6 Å². The quantitative estimate of drug-likeness (QED) is 0.791. The number of likely N-dealkylation sites (N-methyl/N-ethyl adjacent to an activating group) is 1. The molecular formula is C14H17NO4. The Hall–Kier alpha value is -2.30. The van der Waals surface area contributed by atoms with Gasteiger partial charge in [0, 0.05) is 18.7 Å². The van der Waals surface area contributed by atoms with E-state index in [1.807, 2.05) is 13.0 Å². The van der Waals surface area contributed by atoms with Crippen LogP contribution in [0.2, 0.25) is 0 Å². The van der Waals surface area contributed by atoms with E-state index >= 15 is 0 Å². The number of carbonyl (C=O) groups excluding carboxylic acids is 1. The zero-order valence-electron chi connectivity index (χ0n) is 11.1. The van der Waals surface area contributed by atoms with Crippen molar-refractivity contribution in [3.8, 4) is 5.75 Å². The average Bonchev–Trinajstić information content (AvgIpc) is 2.37. The molecule has 1 aromatic rings. The molecule has 2 N–H and O–H groups in total. The molecule has 1 atom stereocenters. The zero-order chi connectivity index (χ0) is 14.4. The normalized spacial score (nSPS) is 12.2. The summed E-state index contributed by atoms with van der Waals surface area (Å²) in [5.41, 5.74) is 1.60. The Morgan fingerprint density at radius 3 is 2.68 bits per heavy atom. The third-order valence-electron chi connectivity index (χ3n) is 2.49. The highest BCUT2D eigenvalue weighted by atomic mass is 16.5. The van der Waals surface area contributed by atoms with Crippen LogP contribution in [0.25, 0.3) is 6.08 Å². The molecule has 19 heavy (non-hydrogen) atoms. The highest BCUT2D eigenvalue weighted by Crippen LogP contribution is 2.22. The summed E-state index contributed by atoms with van der Waals surface area (Å²) in [6.45, 7) is 3.52. The Morgan fingerprint density at radius 1 is 1.42 bits per heavy atom. The lowest BCUT2D eigenvalue weighted by atomic mass is 10.1. The van der Waals surface area contributed by atoms with E-state index in [0.29, 0.717) is 11.3 Å². The molecule has 1 aromatic carbocycles. The molecular weight excluding hydrogens is 246 g/mol. The van der Waals surface area contributed by atoms with Crippen LogP contribution in [0.1, 0.15) is 18.1 Å². The molecule has 0 saturated carbocycles. The van der Waals surface area contributed by atoms with E-state index in [1.165, 1.54) is 13.1 Å². The molecule has 5 heteroatoms. The van der Waals surface area contributed by atoms with Crippen molar-refractivity contribution in [1.29, 1.82) is 0 Å². The standard InChI is InChI=1S/C14H17NO4/c1-9-4-6-12(19-10(2)14(18)15-3)11(8-9)5-7-13(16)17/h4-8,10H,1-3H3,(H,15,18)(H,16,17). The summed E-state index contributed by atoms with van der Waals surface area (Å²) in [7, 11) is 1.53. The van der Waals surface area contributed by atoms with Gasteiger partial charge in [-0.05, 0) is 32.1 Å². The van der Waals surface area contributed by atoms with E-state index < -0.39 is 12.1 Å². The Bertz CT molecular complexity index is 508. The average molecular weight is 263 g/mol. The number of aliphatic carboxylic acids is 1. The van der Waals surface area contributed by atoms with Gasteiger partial charge in [0.15, 0.2) is 6.10 Å². The molecule has 5 nitrogen and oxygen atoms in total. The van der Waals surface area contributed by atoms with Crippen molar-refractivity contribution in [2.45, 2.75) is 20.0 Å². The summed E-state index contributed by atoms with van der Waals surface area (Å²) >= 11 is 0. The first-order chi connectivity index (χ1) is 8.93. The number of ether oxygens (including phenoxy) is 1. The molecule has 1 amide bonds. The number of carboxylic acids is 1. The number of carboxylic acid groups (broad SMARTS) is 1. The number of rotatable bonds is 5. The number of amides is 1. The molecule has 0 saturated heterocycles. The van der Waals surface area contributed by atoms with Crippen molar-refractivity contribution in [1.82, 2.24) is 5.32 Å².